The van der Waals surface area contributed by atoms with Gasteiger partial charge in [0.1, 0.15) is 0 Å². The van der Waals surface area contributed by atoms with Crippen LogP contribution in [0.3, 0.4) is 0 Å². The molecule has 160 valence electrons. The maximum Gasteiger partial charge on any atom is 0.417 e. The van der Waals surface area contributed by atoms with E-state index in [0.29, 0.717) is 39.8 Å². The Morgan fingerprint density at radius 3 is 2.10 bits per heavy atom. The second kappa shape index (κ2) is 8.88. The summed E-state index contributed by atoms with van der Waals surface area (Å²) >= 11 is 0. The zero-order valence-corrected chi connectivity index (χ0v) is 17.6. The van der Waals surface area contributed by atoms with E-state index in [1.807, 2.05) is 6.92 Å². The van der Waals surface area contributed by atoms with Gasteiger partial charge in [0, 0.05) is 17.5 Å². The highest BCUT2D eigenvalue weighted by Gasteiger charge is 2.34. The third-order valence-electron chi connectivity index (χ3n) is 5.33. The molecule has 0 fully saturated rings. The van der Waals surface area contributed by atoms with E-state index in [2.05, 4.69) is 0 Å². The van der Waals surface area contributed by atoms with Gasteiger partial charge in [0.15, 0.2) is 11.6 Å². The first kappa shape index (κ1) is 22.5. The van der Waals surface area contributed by atoms with Crippen molar-refractivity contribution in [2.75, 3.05) is 0 Å². The monoisotopic (exact) mass is 424 g/mol. The lowest BCUT2D eigenvalue weighted by Crippen LogP contribution is -2.09. The topological polar surface area (TPSA) is 34.1 Å². The Morgan fingerprint density at radius 2 is 1.48 bits per heavy atom. The number of carbonyl (C=O) groups excluding carboxylic acids is 2. The predicted octanol–water partition coefficient (Wildman–Crippen LogP) is 6.87. The van der Waals surface area contributed by atoms with E-state index in [0.717, 1.165) is 0 Å². The minimum absolute atomic E-state index is 0.101. The van der Waals surface area contributed by atoms with E-state index in [4.69, 9.17) is 0 Å². The van der Waals surface area contributed by atoms with Crippen molar-refractivity contribution in [3.63, 3.8) is 0 Å². The number of hydrogen-bond donors (Lipinski definition) is 0. The molecule has 31 heavy (non-hydrogen) atoms. The summed E-state index contributed by atoms with van der Waals surface area (Å²) in [6, 6.07) is 16.0. The quantitative estimate of drug-likeness (QED) is 0.405. The molecule has 0 aliphatic rings. The SMILES string of the molecule is CCc1ccc(-c2ccc(CC(=O)c3cccc(C(C)=O)c3)cc2C)c(C(F)(F)F)c1. The van der Waals surface area contributed by atoms with E-state index in [-0.39, 0.29) is 23.6 Å². The van der Waals surface area contributed by atoms with E-state index >= 15 is 0 Å². The van der Waals surface area contributed by atoms with E-state index < -0.39 is 11.7 Å². The third kappa shape index (κ3) is 5.10. The Labute approximate surface area is 179 Å². The zero-order chi connectivity index (χ0) is 22.8. The summed E-state index contributed by atoms with van der Waals surface area (Å²) in [5.74, 6) is -0.275. The smallest absolute Gasteiger partial charge is 0.295 e. The van der Waals surface area contributed by atoms with Crippen molar-refractivity contribution in [1.29, 1.82) is 0 Å². The minimum Gasteiger partial charge on any atom is -0.295 e. The van der Waals surface area contributed by atoms with Gasteiger partial charge in [-0.25, -0.2) is 0 Å². The molecule has 0 radical (unpaired) electrons. The van der Waals surface area contributed by atoms with Crippen molar-refractivity contribution in [2.24, 2.45) is 0 Å². The number of halogens is 3. The van der Waals surface area contributed by atoms with Crippen molar-refractivity contribution in [3.8, 4) is 11.1 Å². The molecule has 0 heterocycles. The molecule has 5 heteroatoms. The van der Waals surface area contributed by atoms with Crippen LogP contribution in [0.15, 0.2) is 60.7 Å². The molecule has 0 unspecified atom stereocenters. The number of benzene rings is 3. The molecule has 0 saturated carbocycles. The molecule has 3 rings (SSSR count). The first-order chi connectivity index (χ1) is 14.6. The summed E-state index contributed by atoms with van der Waals surface area (Å²) in [5.41, 5.74) is 2.87. The molecule has 0 saturated heterocycles. The molecule has 3 aromatic carbocycles. The predicted molar refractivity (Wildman–Crippen MR) is 115 cm³/mol. The second-order valence-corrected chi connectivity index (χ2v) is 7.62. The van der Waals surface area contributed by atoms with Crippen LogP contribution in [0, 0.1) is 6.92 Å². The number of ketones is 2. The van der Waals surface area contributed by atoms with Gasteiger partial charge in [-0.2, -0.15) is 13.2 Å². The number of hydrogen-bond acceptors (Lipinski definition) is 2. The standard InChI is InChI=1S/C26H23F3O2/c1-4-18-8-11-23(24(13-18)26(27,28)29)22-10-9-19(12-16(22)2)14-25(31)21-7-5-6-20(15-21)17(3)30/h5-13,15H,4,14H2,1-3H3. The maximum atomic E-state index is 13.6. The van der Waals surface area contributed by atoms with Gasteiger partial charge in [-0.1, -0.05) is 55.5 Å². The highest BCUT2D eigenvalue weighted by atomic mass is 19.4. The maximum absolute atomic E-state index is 13.6. The molecule has 0 aromatic heterocycles. The molecular weight excluding hydrogens is 401 g/mol. The Kier molecular flexibility index (Phi) is 6.44. The molecular formula is C26H23F3O2. The fourth-order valence-corrected chi connectivity index (χ4v) is 3.62. The minimum atomic E-state index is -4.46. The van der Waals surface area contributed by atoms with Crippen LogP contribution in [0.25, 0.3) is 11.1 Å². The van der Waals surface area contributed by atoms with Gasteiger partial charge >= 0.3 is 6.18 Å². The molecule has 0 atom stereocenters. The first-order valence-electron chi connectivity index (χ1n) is 10.0. The van der Waals surface area contributed by atoms with E-state index in [1.165, 1.54) is 19.1 Å². The molecule has 2 nitrogen and oxygen atoms in total. The highest BCUT2D eigenvalue weighted by molar-refractivity contribution is 6.01. The summed E-state index contributed by atoms with van der Waals surface area (Å²) < 4.78 is 40.9. The molecule has 0 aliphatic heterocycles. The summed E-state index contributed by atoms with van der Waals surface area (Å²) in [5, 5.41) is 0. The van der Waals surface area contributed by atoms with Crippen molar-refractivity contribution >= 4 is 11.6 Å². The lowest BCUT2D eigenvalue weighted by Gasteiger charge is -2.17. The summed E-state index contributed by atoms with van der Waals surface area (Å²) in [4.78, 5) is 24.2. The second-order valence-electron chi connectivity index (χ2n) is 7.62. The van der Waals surface area contributed by atoms with Crippen molar-refractivity contribution in [2.45, 2.75) is 39.8 Å². The largest absolute Gasteiger partial charge is 0.417 e. The number of rotatable bonds is 6. The Hall–Kier alpha value is -3.21. The lowest BCUT2D eigenvalue weighted by molar-refractivity contribution is -0.137. The zero-order valence-electron chi connectivity index (χ0n) is 17.6. The van der Waals surface area contributed by atoms with Gasteiger partial charge in [0.25, 0.3) is 0 Å². The lowest BCUT2D eigenvalue weighted by atomic mass is 9.91. The van der Waals surface area contributed by atoms with Gasteiger partial charge in [-0.15, -0.1) is 0 Å². The molecule has 0 bridgehead atoms. The average Bonchev–Trinajstić information content (AvgIpc) is 2.73. The van der Waals surface area contributed by atoms with Gasteiger partial charge in [-0.3, -0.25) is 9.59 Å². The van der Waals surface area contributed by atoms with Crippen molar-refractivity contribution in [1.82, 2.24) is 0 Å². The van der Waals surface area contributed by atoms with Gasteiger partial charge in [0.2, 0.25) is 0 Å². The van der Waals surface area contributed by atoms with Crippen molar-refractivity contribution < 1.29 is 22.8 Å². The summed E-state index contributed by atoms with van der Waals surface area (Å²) in [6.07, 6.45) is -3.83. The van der Waals surface area contributed by atoms with Crippen LogP contribution in [-0.4, -0.2) is 11.6 Å². The van der Waals surface area contributed by atoms with Crippen LogP contribution < -0.4 is 0 Å². The fourth-order valence-electron chi connectivity index (χ4n) is 3.62. The first-order valence-corrected chi connectivity index (χ1v) is 10.0. The van der Waals surface area contributed by atoms with E-state index in [9.17, 15) is 22.8 Å². The van der Waals surface area contributed by atoms with Crippen LogP contribution in [-0.2, 0) is 19.0 Å². The van der Waals surface area contributed by atoms with Crippen LogP contribution in [0.4, 0.5) is 13.2 Å². The third-order valence-corrected chi connectivity index (χ3v) is 5.33. The molecule has 3 aromatic rings. The van der Waals surface area contributed by atoms with Crippen LogP contribution in [0.2, 0.25) is 0 Å². The molecule has 0 amide bonds. The number of alkyl halides is 3. The highest BCUT2D eigenvalue weighted by Crippen LogP contribution is 2.39. The van der Waals surface area contributed by atoms with E-state index in [1.54, 1.807) is 55.5 Å². The molecule has 0 N–H and O–H groups in total. The van der Waals surface area contributed by atoms with Crippen molar-refractivity contribution in [3.05, 3.63) is 94.0 Å². The van der Waals surface area contributed by atoms with Crippen LogP contribution in [0.5, 0.6) is 0 Å². The fraction of sp³-hybridized carbons (Fsp3) is 0.231. The Balaban J connectivity index is 1.92. The normalized spacial score (nSPS) is 11.4. The van der Waals surface area contributed by atoms with Gasteiger partial charge in [0.05, 0.1) is 5.56 Å². The van der Waals surface area contributed by atoms with Gasteiger partial charge in [-0.05, 0) is 60.2 Å². The number of aryl methyl sites for hydroxylation is 2. The summed E-state index contributed by atoms with van der Waals surface area (Å²) in [6.45, 7) is 5.00. The Bertz CT molecular complexity index is 1140. The molecule has 0 aliphatic carbocycles. The van der Waals surface area contributed by atoms with Gasteiger partial charge < -0.3 is 0 Å². The average molecular weight is 424 g/mol. The summed E-state index contributed by atoms with van der Waals surface area (Å²) in [7, 11) is 0. The molecule has 0 spiro atoms. The van der Waals surface area contributed by atoms with Crippen LogP contribution >= 0.6 is 0 Å². The number of Topliss-reactive ketones (excluding diaryl/α,β-unsaturated/α-hetero) is 2. The van der Waals surface area contributed by atoms with Crippen LogP contribution in [0.1, 0.15) is 56.8 Å². The number of carbonyl (C=O) groups is 2. The Morgan fingerprint density at radius 1 is 0.839 bits per heavy atom.